The molecule has 0 fully saturated rings. The molecular weight excluding hydrogens is 833 g/mol. The summed E-state index contributed by atoms with van der Waals surface area (Å²) in [5, 5.41) is 7.20. The second-order valence-corrected chi connectivity index (χ2v) is 19.6. The van der Waals surface area contributed by atoms with Crippen molar-refractivity contribution >= 4 is 92.3 Å². The van der Waals surface area contributed by atoms with E-state index >= 15 is 0 Å². The first-order chi connectivity index (χ1) is 33.0. The molecule has 0 saturated carbocycles. The van der Waals surface area contributed by atoms with E-state index < -0.39 is 0 Å². The van der Waals surface area contributed by atoms with Crippen LogP contribution < -0.4 is 4.90 Å². The van der Waals surface area contributed by atoms with Gasteiger partial charge in [-0.3, -0.25) is 0 Å². The van der Waals surface area contributed by atoms with Gasteiger partial charge in [0.2, 0.25) is 0 Å². The number of para-hydroxylation sites is 3. The van der Waals surface area contributed by atoms with E-state index in [1.54, 1.807) is 0 Å². The van der Waals surface area contributed by atoms with Gasteiger partial charge in [0.1, 0.15) is 11.2 Å². The molecule has 14 rings (SSSR count). The van der Waals surface area contributed by atoms with Gasteiger partial charge in [-0.2, -0.15) is 0 Å². The number of benzene rings is 10. The molecule has 0 N–H and O–H groups in total. The second kappa shape index (κ2) is 14.4. The Bertz CT molecular complexity index is 4090. The number of furan rings is 1. The Hall–Kier alpha value is -8.18. The summed E-state index contributed by atoms with van der Waals surface area (Å²) < 4.78 is 11.8. The lowest BCUT2D eigenvalue weighted by Gasteiger charge is -2.27. The van der Waals surface area contributed by atoms with Crippen molar-refractivity contribution in [2.75, 3.05) is 4.90 Å². The number of hydrogen-bond donors (Lipinski definition) is 0. The van der Waals surface area contributed by atoms with Gasteiger partial charge in [0.15, 0.2) is 0 Å². The fraction of sp³-hybridized carbons (Fsp3) is 0.0476. The van der Waals surface area contributed by atoms with Crippen LogP contribution in [0.25, 0.3) is 103 Å². The Morgan fingerprint density at radius 2 is 1.04 bits per heavy atom. The Morgan fingerprint density at radius 1 is 0.403 bits per heavy atom. The lowest BCUT2D eigenvalue weighted by Crippen LogP contribution is -2.14. The summed E-state index contributed by atoms with van der Waals surface area (Å²) in [6.07, 6.45) is 0. The molecule has 0 spiro atoms. The van der Waals surface area contributed by atoms with Crippen molar-refractivity contribution in [1.82, 2.24) is 4.57 Å². The quantitative estimate of drug-likeness (QED) is 0.166. The Labute approximate surface area is 392 Å². The summed E-state index contributed by atoms with van der Waals surface area (Å²) in [6.45, 7) is 4.70. The first-order valence-corrected chi connectivity index (χ1v) is 23.9. The number of aromatic nitrogens is 1. The predicted molar refractivity (Wildman–Crippen MR) is 284 cm³/mol. The highest BCUT2D eigenvalue weighted by Gasteiger charge is 2.35. The smallest absolute Gasteiger partial charge is 0.143 e. The number of nitrogens with zero attached hydrogens (tertiary/aromatic N) is 2. The van der Waals surface area contributed by atoms with Crippen molar-refractivity contribution < 1.29 is 4.42 Å². The molecule has 3 nitrogen and oxygen atoms in total. The molecule has 10 aromatic carbocycles. The van der Waals surface area contributed by atoms with Crippen molar-refractivity contribution in [2.24, 2.45) is 0 Å². The highest BCUT2D eigenvalue weighted by Crippen LogP contribution is 2.50. The molecule has 0 bridgehead atoms. The van der Waals surface area contributed by atoms with Gasteiger partial charge in [-0.25, -0.2) is 0 Å². The molecule has 0 aliphatic heterocycles. The normalized spacial score (nSPS) is 13.0. The zero-order valence-corrected chi connectivity index (χ0v) is 37.8. The zero-order valence-electron chi connectivity index (χ0n) is 37.0. The minimum atomic E-state index is -0.0697. The molecule has 316 valence electrons. The maximum Gasteiger partial charge on any atom is 0.143 e. The number of fused-ring (bicyclic) bond motifs is 12. The van der Waals surface area contributed by atoms with Crippen LogP contribution in [-0.4, -0.2) is 4.57 Å². The van der Waals surface area contributed by atoms with Gasteiger partial charge in [-0.15, -0.1) is 11.3 Å². The SMILES string of the molecule is CC1(C)c2ccccc2-c2ccc(-c3ccc(N(c4ccc5sc6ccccc6c5c4)c4cc(-c5cccc(-n6c7ccccc7c7ccccc76)c5)c5oc6ccccc6c5c4)cc3)cc21. The van der Waals surface area contributed by atoms with Crippen LogP contribution in [0.1, 0.15) is 25.0 Å². The van der Waals surface area contributed by atoms with E-state index in [4.69, 9.17) is 4.42 Å². The van der Waals surface area contributed by atoms with E-state index in [0.717, 1.165) is 55.8 Å². The molecule has 0 atom stereocenters. The third-order valence-corrected chi connectivity index (χ3v) is 15.5. The average molecular weight is 875 g/mol. The van der Waals surface area contributed by atoms with E-state index in [9.17, 15) is 0 Å². The maximum absolute atomic E-state index is 6.86. The Morgan fingerprint density at radius 3 is 1.87 bits per heavy atom. The molecule has 0 saturated heterocycles. The van der Waals surface area contributed by atoms with Crippen LogP contribution in [0.2, 0.25) is 0 Å². The number of rotatable bonds is 6. The average Bonchev–Trinajstić information content (AvgIpc) is 4.11. The number of thiophene rings is 1. The van der Waals surface area contributed by atoms with Gasteiger partial charge in [0.25, 0.3) is 0 Å². The van der Waals surface area contributed by atoms with E-state index in [0.29, 0.717) is 0 Å². The van der Waals surface area contributed by atoms with Crippen LogP contribution in [0, 0.1) is 0 Å². The van der Waals surface area contributed by atoms with Crippen LogP contribution in [0.5, 0.6) is 0 Å². The summed E-state index contributed by atoms with van der Waals surface area (Å²) in [4.78, 5) is 2.43. The highest BCUT2D eigenvalue weighted by molar-refractivity contribution is 7.25. The van der Waals surface area contributed by atoms with E-state index in [1.165, 1.54) is 75.4 Å². The van der Waals surface area contributed by atoms with Gasteiger partial charge >= 0.3 is 0 Å². The lowest BCUT2D eigenvalue weighted by atomic mass is 9.81. The van der Waals surface area contributed by atoms with Crippen LogP contribution in [0.15, 0.2) is 223 Å². The molecule has 3 aromatic heterocycles. The van der Waals surface area contributed by atoms with Crippen LogP contribution in [0.3, 0.4) is 0 Å². The molecule has 1 aliphatic carbocycles. The molecule has 13 aromatic rings. The van der Waals surface area contributed by atoms with Crippen molar-refractivity contribution in [1.29, 1.82) is 0 Å². The minimum absolute atomic E-state index is 0.0697. The van der Waals surface area contributed by atoms with Crippen molar-refractivity contribution in [2.45, 2.75) is 19.3 Å². The van der Waals surface area contributed by atoms with E-state index in [1.807, 2.05) is 11.3 Å². The summed E-state index contributed by atoms with van der Waals surface area (Å²) in [7, 11) is 0. The largest absolute Gasteiger partial charge is 0.455 e. The molecular formula is C63H42N2OS. The van der Waals surface area contributed by atoms with Crippen LogP contribution in [-0.2, 0) is 5.41 Å². The first-order valence-electron chi connectivity index (χ1n) is 23.1. The first kappa shape index (κ1) is 38.1. The Balaban J connectivity index is 0.966. The summed E-state index contributed by atoms with van der Waals surface area (Å²) in [6, 6.07) is 80.2. The molecule has 67 heavy (non-hydrogen) atoms. The number of hydrogen-bond acceptors (Lipinski definition) is 3. The third-order valence-electron chi connectivity index (χ3n) is 14.4. The predicted octanol–water partition coefficient (Wildman–Crippen LogP) is 18.2. The minimum Gasteiger partial charge on any atom is -0.455 e. The number of anilines is 3. The standard InChI is InChI=1S/C63H42N2OS/c1-63(2)55-21-8-3-16-46(55)47-32-28-40(35-56(47)63)39-26-29-42(30-27-39)64(44-31-33-61-53(36-44)51-20-7-12-25-60(51)67-61)45-37-52(62-54(38-45)50-19-6-11-24-59(50)66-62)41-14-13-15-43(34-41)65-57-22-9-4-17-48(57)49-18-5-10-23-58(49)65/h3-38H,1-2H3. The van der Waals surface area contributed by atoms with E-state index in [2.05, 4.69) is 242 Å². The fourth-order valence-corrected chi connectivity index (χ4v) is 12.2. The van der Waals surface area contributed by atoms with Crippen molar-refractivity contribution in [3.8, 4) is 39.1 Å². The second-order valence-electron chi connectivity index (χ2n) is 18.5. The van der Waals surface area contributed by atoms with Gasteiger partial charge in [-0.1, -0.05) is 147 Å². The van der Waals surface area contributed by atoms with E-state index in [-0.39, 0.29) is 5.41 Å². The summed E-state index contributed by atoms with van der Waals surface area (Å²) >= 11 is 1.85. The van der Waals surface area contributed by atoms with Gasteiger partial charge in [-0.05, 0) is 124 Å². The lowest BCUT2D eigenvalue weighted by molar-refractivity contribution is 0.660. The monoisotopic (exact) mass is 874 g/mol. The Kier molecular flexibility index (Phi) is 8.20. The van der Waals surface area contributed by atoms with Gasteiger partial charge < -0.3 is 13.9 Å². The molecule has 0 radical (unpaired) electrons. The van der Waals surface area contributed by atoms with Crippen LogP contribution >= 0.6 is 11.3 Å². The maximum atomic E-state index is 6.86. The van der Waals surface area contributed by atoms with Crippen molar-refractivity contribution in [3.63, 3.8) is 0 Å². The third kappa shape index (κ3) is 5.76. The molecule has 4 heteroatoms. The molecule has 0 amide bonds. The highest BCUT2D eigenvalue weighted by atomic mass is 32.1. The molecule has 1 aliphatic rings. The zero-order chi connectivity index (χ0) is 44.4. The topological polar surface area (TPSA) is 21.3 Å². The van der Waals surface area contributed by atoms with Crippen molar-refractivity contribution in [3.05, 3.63) is 230 Å². The van der Waals surface area contributed by atoms with Crippen LogP contribution in [0.4, 0.5) is 17.1 Å². The van der Waals surface area contributed by atoms with Gasteiger partial charge in [0, 0.05) is 75.4 Å². The summed E-state index contributed by atoms with van der Waals surface area (Å²) in [5.41, 5.74) is 18.4. The fourth-order valence-electron chi connectivity index (χ4n) is 11.2. The summed E-state index contributed by atoms with van der Waals surface area (Å²) in [5.74, 6) is 0. The molecule has 3 heterocycles. The molecule has 0 unspecified atom stereocenters. The van der Waals surface area contributed by atoms with Gasteiger partial charge in [0.05, 0.1) is 11.0 Å².